The van der Waals surface area contributed by atoms with Crippen LogP contribution in [0.2, 0.25) is 0 Å². The van der Waals surface area contributed by atoms with E-state index in [4.69, 9.17) is 24.2 Å². The van der Waals surface area contributed by atoms with Crippen molar-refractivity contribution < 1.29 is 37.4 Å². The predicted octanol–water partition coefficient (Wildman–Crippen LogP) is -0.457. The van der Waals surface area contributed by atoms with E-state index in [2.05, 4.69) is 0 Å². The van der Waals surface area contributed by atoms with Crippen molar-refractivity contribution in [1.82, 2.24) is 9.21 Å². The van der Waals surface area contributed by atoms with Crippen LogP contribution in [0.3, 0.4) is 0 Å². The summed E-state index contributed by atoms with van der Waals surface area (Å²) in [6.45, 7) is 3.12. The normalized spacial score (nSPS) is 15.3. The Labute approximate surface area is 138 Å². The minimum Gasteiger partial charge on any atom is -0.473 e. The third-order valence-corrected chi connectivity index (χ3v) is 5.08. The Balaban J connectivity index is 0.000000413. The van der Waals surface area contributed by atoms with Crippen LogP contribution in [-0.2, 0) is 19.6 Å². The number of rotatable bonds is 3. The summed E-state index contributed by atoms with van der Waals surface area (Å²) in [5.74, 6) is -3.44. The number of carbonyl (C=O) groups excluding carboxylic acids is 1. The molecule has 10 nitrogen and oxygen atoms in total. The maximum atomic E-state index is 12.0. The van der Waals surface area contributed by atoms with Gasteiger partial charge in [0.15, 0.2) is 5.76 Å². The fourth-order valence-electron chi connectivity index (χ4n) is 1.91. The third-order valence-electron chi connectivity index (χ3n) is 3.20. The quantitative estimate of drug-likeness (QED) is 0.687. The van der Waals surface area contributed by atoms with Gasteiger partial charge in [-0.3, -0.25) is 4.79 Å². The molecule has 1 aliphatic heterocycles. The second-order valence-electron chi connectivity index (χ2n) is 4.68. The first kappa shape index (κ1) is 19.6. The molecule has 2 N–H and O–H groups in total. The summed E-state index contributed by atoms with van der Waals surface area (Å²) in [6.07, 6.45) is 1.45. The van der Waals surface area contributed by atoms with Gasteiger partial charge in [-0.05, 0) is 19.1 Å². The van der Waals surface area contributed by atoms with E-state index in [1.165, 1.54) is 10.6 Å². The number of nitrogens with zero attached hydrogens (tertiary/aromatic N) is 2. The summed E-state index contributed by atoms with van der Waals surface area (Å²) in [7, 11) is -3.15. The highest BCUT2D eigenvalue weighted by molar-refractivity contribution is 7.89. The van der Waals surface area contributed by atoms with Crippen LogP contribution in [0, 0.1) is 0 Å². The van der Waals surface area contributed by atoms with Crippen LogP contribution in [0.15, 0.2) is 22.8 Å². The molecule has 0 aliphatic carbocycles. The van der Waals surface area contributed by atoms with Crippen molar-refractivity contribution in [3.63, 3.8) is 0 Å². The fourth-order valence-corrected chi connectivity index (χ4v) is 2.99. The SMILES string of the molecule is CCS(=O)(=O)N1CCN(C(=O)c2ccco2)CC1.O=C(O)C(=O)O. The first-order chi connectivity index (χ1) is 11.2. The number of carboxylic acids is 2. The number of aliphatic carboxylic acids is 2. The van der Waals surface area contributed by atoms with Gasteiger partial charge in [0.2, 0.25) is 10.0 Å². The van der Waals surface area contributed by atoms with Gasteiger partial charge in [0.05, 0.1) is 12.0 Å². The largest absolute Gasteiger partial charge is 0.473 e. The van der Waals surface area contributed by atoms with Crippen molar-refractivity contribution in [3.05, 3.63) is 24.2 Å². The number of hydrogen-bond acceptors (Lipinski definition) is 6. The zero-order chi connectivity index (χ0) is 18.3. The van der Waals surface area contributed by atoms with Crippen LogP contribution in [-0.4, -0.2) is 77.6 Å². The van der Waals surface area contributed by atoms with Crippen LogP contribution in [0.25, 0.3) is 0 Å². The first-order valence-corrected chi connectivity index (χ1v) is 8.56. The summed E-state index contributed by atoms with van der Waals surface area (Å²) in [5.41, 5.74) is 0. The van der Waals surface area contributed by atoms with E-state index in [0.29, 0.717) is 31.9 Å². The number of piperazine rings is 1. The average Bonchev–Trinajstić information content (AvgIpc) is 3.09. The Morgan fingerprint density at radius 1 is 1.12 bits per heavy atom. The highest BCUT2D eigenvalue weighted by Gasteiger charge is 2.28. The van der Waals surface area contributed by atoms with Gasteiger partial charge in [-0.1, -0.05) is 0 Å². The Bertz CT molecular complexity index is 663. The summed E-state index contributed by atoms with van der Waals surface area (Å²) >= 11 is 0. The Kier molecular flexibility index (Phi) is 6.92. The fraction of sp³-hybridized carbons (Fsp3) is 0.462. The van der Waals surface area contributed by atoms with Crippen molar-refractivity contribution >= 4 is 27.9 Å². The molecule has 134 valence electrons. The Morgan fingerprint density at radius 2 is 1.67 bits per heavy atom. The number of carbonyl (C=O) groups is 3. The smallest absolute Gasteiger partial charge is 0.414 e. The molecule has 1 amide bonds. The van der Waals surface area contributed by atoms with Gasteiger partial charge in [-0.15, -0.1) is 0 Å². The van der Waals surface area contributed by atoms with Gasteiger partial charge in [0.1, 0.15) is 0 Å². The number of hydrogen-bond donors (Lipinski definition) is 2. The molecule has 0 aromatic carbocycles. The van der Waals surface area contributed by atoms with E-state index in [9.17, 15) is 13.2 Å². The van der Waals surface area contributed by atoms with Crippen molar-refractivity contribution in [2.75, 3.05) is 31.9 Å². The lowest BCUT2D eigenvalue weighted by atomic mass is 10.3. The molecule has 1 aliphatic rings. The molecule has 0 unspecified atom stereocenters. The van der Waals surface area contributed by atoms with E-state index in [1.54, 1.807) is 24.0 Å². The molecule has 11 heteroatoms. The molecule has 1 saturated heterocycles. The maximum Gasteiger partial charge on any atom is 0.414 e. The highest BCUT2D eigenvalue weighted by atomic mass is 32.2. The minimum atomic E-state index is -3.15. The van der Waals surface area contributed by atoms with Crippen molar-refractivity contribution in [2.24, 2.45) is 0 Å². The molecule has 1 aromatic heterocycles. The molecule has 0 bridgehead atoms. The molecular weight excluding hydrogens is 344 g/mol. The summed E-state index contributed by atoms with van der Waals surface area (Å²) in [4.78, 5) is 31.8. The molecule has 2 rings (SSSR count). The number of carboxylic acid groups (broad SMARTS) is 2. The molecule has 1 aromatic rings. The van der Waals surface area contributed by atoms with Crippen molar-refractivity contribution in [2.45, 2.75) is 6.92 Å². The number of amides is 1. The third kappa shape index (κ3) is 5.35. The molecule has 0 atom stereocenters. The second-order valence-corrected chi connectivity index (χ2v) is 6.94. The zero-order valence-electron chi connectivity index (χ0n) is 12.9. The lowest BCUT2D eigenvalue weighted by Gasteiger charge is -2.33. The molecule has 24 heavy (non-hydrogen) atoms. The summed E-state index contributed by atoms with van der Waals surface area (Å²) in [6, 6.07) is 3.27. The molecule has 2 heterocycles. The zero-order valence-corrected chi connectivity index (χ0v) is 13.7. The van der Waals surface area contributed by atoms with Gasteiger partial charge >= 0.3 is 11.9 Å². The predicted molar refractivity (Wildman–Crippen MR) is 80.9 cm³/mol. The Hall–Kier alpha value is -2.40. The second kappa shape index (κ2) is 8.45. The van der Waals surface area contributed by atoms with Crippen LogP contribution >= 0.6 is 0 Å². The standard InChI is InChI=1S/C11H16N2O4S.C2H2O4/c1-2-18(15,16)13-7-5-12(6-8-13)11(14)10-4-3-9-17-10;3-1(4)2(5)6/h3-4,9H,2,5-8H2,1H3;(H,3,4)(H,5,6). The monoisotopic (exact) mass is 362 g/mol. The van der Waals surface area contributed by atoms with Crippen molar-refractivity contribution in [1.29, 1.82) is 0 Å². The van der Waals surface area contributed by atoms with E-state index >= 15 is 0 Å². The van der Waals surface area contributed by atoms with Crippen LogP contribution in [0.5, 0.6) is 0 Å². The van der Waals surface area contributed by atoms with E-state index in [0.717, 1.165) is 0 Å². The van der Waals surface area contributed by atoms with E-state index < -0.39 is 22.0 Å². The van der Waals surface area contributed by atoms with Gasteiger partial charge in [0, 0.05) is 26.2 Å². The number of sulfonamides is 1. The summed E-state index contributed by atoms with van der Waals surface area (Å²) in [5, 5.41) is 14.8. The topological polar surface area (TPSA) is 145 Å². The molecular formula is C13H18N2O8S. The summed E-state index contributed by atoms with van der Waals surface area (Å²) < 4.78 is 29.8. The van der Waals surface area contributed by atoms with Crippen LogP contribution in [0.1, 0.15) is 17.5 Å². The molecule has 0 saturated carbocycles. The molecule has 0 spiro atoms. The first-order valence-electron chi connectivity index (χ1n) is 6.95. The lowest BCUT2D eigenvalue weighted by molar-refractivity contribution is -0.159. The number of furan rings is 1. The van der Waals surface area contributed by atoms with Gasteiger partial charge in [-0.2, -0.15) is 4.31 Å². The van der Waals surface area contributed by atoms with E-state index in [1.807, 2.05) is 0 Å². The van der Waals surface area contributed by atoms with Gasteiger partial charge in [0.25, 0.3) is 5.91 Å². The van der Waals surface area contributed by atoms with Gasteiger partial charge in [-0.25, -0.2) is 18.0 Å². The molecule has 1 fully saturated rings. The Morgan fingerprint density at radius 3 is 2.04 bits per heavy atom. The van der Waals surface area contributed by atoms with Crippen LogP contribution < -0.4 is 0 Å². The maximum absolute atomic E-state index is 12.0. The lowest BCUT2D eigenvalue weighted by Crippen LogP contribution is -2.50. The van der Waals surface area contributed by atoms with Crippen molar-refractivity contribution in [3.8, 4) is 0 Å². The highest BCUT2D eigenvalue weighted by Crippen LogP contribution is 2.11. The van der Waals surface area contributed by atoms with Gasteiger partial charge < -0.3 is 19.5 Å². The van der Waals surface area contributed by atoms with Crippen LogP contribution in [0.4, 0.5) is 0 Å². The molecule has 0 radical (unpaired) electrons. The average molecular weight is 362 g/mol. The van der Waals surface area contributed by atoms with E-state index in [-0.39, 0.29) is 11.7 Å². The minimum absolute atomic E-state index is 0.0964.